The molecular weight excluding hydrogens is 323 g/mol. The zero-order valence-corrected chi connectivity index (χ0v) is 12.5. The third-order valence-electron chi connectivity index (χ3n) is 3.27. The molecule has 0 fully saturated rings. The molecule has 2 aromatic rings. The minimum atomic E-state index is -4.69. The molecule has 0 bridgehead atoms. The second-order valence-electron chi connectivity index (χ2n) is 5.09. The van der Waals surface area contributed by atoms with E-state index in [1.807, 2.05) is 6.07 Å². The number of nitrogens with one attached hydrogen (secondary N) is 1. The van der Waals surface area contributed by atoms with Gasteiger partial charge in [-0.3, -0.25) is 9.59 Å². The summed E-state index contributed by atoms with van der Waals surface area (Å²) in [5.74, 6) is -0.715. The first-order valence-corrected chi connectivity index (χ1v) is 6.77. The summed E-state index contributed by atoms with van der Waals surface area (Å²) >= 11 is 0. The topological polar surface area (TPSA) is 77.0 Å². The molecule has 0 atom stereocenters. The fourth-order valence-corrected chi connectivity index (χ4v) is 2.10. The number of pyridine rings is 1. The van der Waals surface area contributed by atoms with Crippen LogP contribution in [0, 0.1) is 11.3 Å². The number of amides is 1. The lowest BCUT2D eigenvalue weighted by Gasteiger charge is -2.17. The molecule has 0 spiro atoms. The smallest absolute Gasteiger partial charge is 0.337 e. The molecule has 0 aliphatic carbocycles. The number of H-pyrrole nitrogens is 1. The fourth-order valence-electron chi connectivity index (χ4n) is 2.10. The molecule has 0 unspecified atom stereocenters. The summed E-state index contributed by atoms with van der Waals surface area (Å²) in [4.78, 5) is 26.8. The predicted molar refractivity (Wildman–Crippen MR) is 79.0 cm³/mol. The first-order valence-electron chi connectivity index (χ1n) is 6.77. The minimum absolute atomic E-state index is 0.106. The molecule has 1 amide bonds. The molecule has 0 aliphatic rings. The van der Waals surface area contributed by atoms with E-state index < -0.39 is 23.3 Å². The van der Waals surface area contributed by atoms with E-state index in [0.717, 1.165) is 6.07 Å². The lowest BCUT2D eigenvalue weighted by atomic mass is 10.1. The Morgan fingerprint density at radius 2 is 2.00 bits per heavy atom. The number of carbonyl (C=O) groups excluding carboxylic acids is 1. The zero-order chi connectivity index (χ0) is 17.9. The molecule has 1 N–H and O–H groups in total. The van der Waals surface area contributed by atoms with Crippen LogP contribution in [0.3, 0.4) is 0 Å². The Morgan fingerprint density at radius 3 is 2.58 bits per heavy atom. The third kappa shape index (κ3) is 3.81. The van der Waals surface area contributed by atoms with Crippen LogP contribution in [0.1, 0.15) is 27.2 Å². The lowest BCUT2D eigenvalue weighted by molar-refractivity contribution is -0.141. The Hall–Kier alpha value is -3.08. The summed E-state index contributed by atoms with van der Waals surface area (Å²) < 4.78 is 37.6. The number of aromatic nitrogens is 1. The van der Waals surface area contributed by atoms with Gasteiger partial charge in [-0.2, -0.15) is 18.4 Å². The minimum Gasteiger partial charge on any atom is -0.337 e. The van der Waals surface area contributed by atoms with Crippen molar-refractivity contribution in [3.05, 3.63) is 69.1 Å². The number of aromatic amines is 1. The van der Waals surface area contributed by atoms with E-state index in [1.54, 1.807) is 29.2 Å². The van der Waals surface area contributed by atoms with E-state index in [1.165, 1.54) is 11.9 Å². The Bertz CT molecular complexity index is 866. The van der Waals surface area contributed by atoms with Crippen molar-refractivity contribution in [3.63, 3.8) is 0 Å². The number of hydrogen-bond acceptors (Lipinski definition) is 3. The van der Waals surface area contributed by atoms with Gasteiger partial charge >= 0.3 is 6.18 Å². The van der Waals surface area contributed by atoms with E-state index in [9.17, 15) is 22.8 Å². The Balaban J connectivity index is 2.22. The third-order valence-corrected chi connectivity index (χ3v) is 3.27. The Kier molecular flexibility index (Phi) is 4.74. The van der Waals surface area contributed by atoms with Gasteiger partial charge in [-0.25, -0.2) is 0 Å². The summed E-state index contributed by atoms with van der Waals surface area (Å²) in [5, 5.41) is 8.84. The van der Waals surface area contributed by atoms with E-state index >= 15 is 0 Å². The van der Waals surface area contributed by atoms with Crippen molar-refractivity contribution in [2.24, 2.45) is 0 Å². The lowest BCUT2D eigenvalue weighted by Crippen LogP contribution is -2.32. The van der Waals surface area contributed by atoms with Crippen LogP contribution in [-0.4, -0.2) is 22.8 Å². The molecule has 0 aliphatic heterocycles. The number of carbonyl (C=O) groups is 1. The normalized spacial score (nSPS) is 11.0. The molecule has 0 saturated heterocycles. The molecule has 24 heavy (non-hydrogen) atoms. The molecule has 2 rings (SSSR count). The van der Waals surface area contributed by atoms with E-state index in [2.05, 4.69) is 0 Å². The summed E-state index contributed by atoms with van der Waals surface area (Å²) in [6.07, 6.45) is -4.69. The Morgan fingerprint density at radius 1 is 1.29 bits per heavy atom. The fraction of sp³-hybridized carbons (Fsp3) is 0.188. The highest BCUT2D eigenvalue weighted by Crippen LogP contribution is 2.26. The van der Waals surface area contributed by atoms with Gasteiger partial charge in [0.2, 0.25) is 0 Å². The van der Waals surface area contributed by atoms with Crippen LogP contribution in [0.25, 0.3) is 0 Å². The van der Waals surface area contributed by atoms with Crippen LogP contribution in [0.5, 0.6) is 0 Å². The van der Waals surface area contributed by atoms with Gasteiger partial charge in [-0.15, -0.1) is 0 Å². The average molecular weight is 335 g/mol. The van der Waals surface area contributed by atoms with Crippen molar-refractivity contribution in [1.29, 1.82) is 5.26 Å². The monoisotopic (exact) mass is 335 g/mol. The van der Waals surface area contributed by atoms with Crippen LogP contribution < -0.4 is 5.56 Å². The predicted octanol–water partition coefficient (Wildman–Crippen LogP) is 2.54. The molecular formula is C16H12F3N3O2. The van der Waals surface area contributed by atoms with Crippen LogP contribution in [0.15, 0.2) is 41.2 Å². The van der Waals surface area contributed by atoms with Crippen LogP contribution >= 0.6 is 0 Å². The maximum Gasteiger partial charge on any atom is 0.431 e. The van der Waals surface area contributed by atoms with Crippen LogP contribution in [0.2, 0.25) is 0 Å². The highest BCUT2D eigenvalue weighted by Gasteiger charge is 2.32. The molecule has 5 nitrogen and oxygen atoms in total. The van der Waals surface area contributed by atoms with Crippen LogP contribution in [-0.2, 0) is 12.7 Å². The van der Waals surface area contributed by atoms with Gasteiger partial charge in [0.25, 0.3) is 11.5 Å². The maximum atomic E-state index is 12.5. The SMILES string of the molecule is CN(Cc1cccc(C#N)c1)C(=O)c1ccc(C(F)(F)F)[nH]c1=O. The van der Waals surface area contributed by atoms with Crippen molar-refractivity contribution in [2.45, 2.75) is 12.7 Å². The maximum absolute atomic E-state index is 12.5. The number of halogens is 3. The largest absolute Gasteiger partial charge is 0.431 e. The van der Waals surface area contributed by atoms with Gasteiger partial charge in [0.05, 0.1) is 11.6 Å². The van der Waals surface area contributed by atoms with Crippen molar-refractivity contribution in [2.75, 3.05) is 7.05 Å². The number of benzene rings is 1. The number of rotatable bonds is 3. The van der Waals surface area contributed by atoms with Crippen molar-refractivity contribution >= 4 is 5.91 Å². The van der Waals surface area contributed by atoms with Gasteiger partial charge < -0.3 is 9.88 Å². The van der Waals surface area contributed by atoms with Crippen LogP contribution in [0.4, 0.5) is 13.2 Å². The molecule has 1 aromatic carbocycles. The number of nitriles is 1. The average Bonchev–Trinajstić information content (AvgIpc) is 2.53. The first-order chi connectivity index (χ1) is 11.2. The van der Waals surface area contributed by atoms with Crippen molar-refractivity contribution in [3.8, 4) is 6.07 Å². The van der Waals surface area contributed by atoms with E-state index in [4.69, 9.17) is 5.26 Å². The van der Waals surface area contributed by atoms with E-state index in [-0.39, 0.29) is 12.1 Å². The molecule has 0 saturated carbocycles. The number of hydrogen-bond donors (Lipinski definition) is 1. The standard InChI is InChI=1S/C16H12F3N3O2/c1-22(9-11-4-2-3-10(7-11)8-20)15(24)12-5-6-13(16(17,18)19)21-14(12)23/h2-7H,9H2,1H3,(H,21,23). The second-order valence-corrected chi connectivity index (χ2v) is 5.09. The van der Waals surface area contributed by atoms with E-state index in [0.29, 0.717) is 17.2 Å². The highest BCUT2D eigenvalue weighted by atomic mass is 19.4. The molecule has 1 heterocycles. The summed E-state index contributed by atoms with van der Waals surface area (Å²) in [6, 6.07) is 10.0. The molecule has 124 valence electrons. The molecule has 8 heteroatoms. The zero-order valence-electron chi connectivity index (χ0n) is 12.5. The first kappa shape index (κ1) is 17.3. The summed E-state index contributed by atoms with van der Waals surface area (Å²) in [7, 11) is 1.42. The second kappa shape index (κ2) is 6.58. The summed E-state index contributed by atoms with van der Waals surface area (Å²) in [5.41, 5.74) is -1.63. The number of nitrogens with zero attached hydrogens (tertiary/aromatic N) is 2. The van der Waals surface area contributed by atoms with Crippen molar-refractivity contribution < 1.29 is 18.0 Å². The molecule has 0 radical (unpaired) electrons. The quantitative estimate of drug-likeness (QED) is 0.936. The highest BCUT2D eigenvalue weighted by molar-refractivity contribution is 5.93. The van der Waals surface area contributed by atoms with Gasteiger partial charge in [-0.05, 0) is 29.8 Å². The summed E-state index contributed by atoms with van der Waals surface area (Å²) in [6.45, 7) is 0.106. The molecule has 1 aromatic heterocycles. The van der Waals surface area contributed by atoms with Gasteiger partial charge in [-0.1, -0.05) is 12.1 Å². The van der Waals surface area contributed by atoms with Gasteiger partial charge in [0, 0.05) is 13.6 Å². The number of alkyl halides is 3. The Labute approximate surface area is 135 Å². The van der Waals surface area contributed by atoms with Gasteiger partial charge in [0.15, 0.2) is 0 Å². The van der Waals surface area contributed by atoms with Gasteiger partial charge in [0.1, 0.15) is 11.3 Å². The van der Waals surface area contributed by atoms with Crippen molar-refractivity contribution in [1.82, 2.24) is 9.88 Å².